The largest absolute Gasteiger partial charge is 0.493 e. The van der Waals surface area contributed by atoms with Crippen LogP contribution < -0.4 is 14.8 Å². The number of hydrogen-bond donors (Lipinski definition) is 2. The Balaban J connectivity index is 1.49. The summed E-state index contributed by atoms with van der Waals surface area (Å²) in [4.78, 5) is 25.5. The molecular weight excluding hydrogens is 506 g/mol. The molecule has 1 aliphatic carbocycles. The molecule has 0 amide bonds. The van der Waals surface area contributed by atoms with Crippen molar-refractivity contribution < 1.29 is 24.2 Å². The first kappa shape index (κ1) is 25.4. The predicted molar refractivity (Wildman–Crippen MR) is 151 cm³/mol. The van der Waals surface area contributed by atoms with Crippen LogP contribution in [0.5, 0.6) is 11.5 Å². The number of rotatable bonds is 6. The van der Waals surface area contributed by atoms with Crippen LogP contribution >= 0.6 is 0 Å². The molecule has 202 valence electrons. The normalized spacial score (nSPS) is 18.0. The number of carbonyl (C=O) groups is 2. The van der Waals surface area contributed by atoms with Gasteiger partial charge in [-0.15, -0.1) is 0 Å². The quantitative estimate of drug-likeness (QED) is 0.319. The fourth-order valence-electron chi connectivity index (χ4n) is 5.93. The van der Waals surface area contributed by atoms with Gasteiger partial charge in [-0.2, -0.15) is 5.10 Å². The summed E-state index contributed by atoms with van der Waals surface area (Å²) in [7, 11) is 3.20. The number of carbonyl (C=O) groups excluding carboxylic acids is 1. The summed E-state index contributed by atoms with van der Waals surface area (Å²) < 4.78 is 12.8. The number of ether oxygens (including phenoxy) is 2. The lowest BCUT2D eigenvalue weighted by Crippen LogP contribution is -2.30. The molecule has 2 aliphatic rings. The Morgan fingerprint density at radius 3 is 2.33 bits per heavy atom. The van der Waals surface area contributed by atoms with E-state index in [1.54, 1.807) is 38.5 Å². The van der Waals surface area contributed by atoms with Crippen molar-refractivity contribution in [3.8, 4) is 17.2 Å². The summed E-state index contributed by atoms with van der Waals surface area (Å²) in [5.41, 5.74) is 6.25. The summed E-state index contributed by atoms with van der Waals surface area (Å²) in [5.74, 6) is 0.724. The van der Waals surface area contributed by atoms with Gasteiger partial charge in [0.15, 0.2) is 17.3 Å². The number of aromatic nitrogens is 2. The Morgan fingerprint density at radius 2 is 1.65 bits per heavy atom. The zero-order valence-electron chi connectivity index (χ0n) is 22.5. The van der Waals surface area contributed by atoms with E-state index >= 15 is 0 Å². The maximum absolute atomic E-state index is 14.0. The molecule has 1 aliphatic heterocycles. The molecule has 0 fully saturated rings. The second-order valence-corrected chi connectivity index (χ2v) is 10.1. The molecule has 8 nitrogen and oxygen atoms in total. The first-order valence-electron chi connectivity index (χ1n) is 13.1. The van der Waals surface area contributed by atoms with Gasteiger partial charge in [0.1, 0.15) is 5.82 Å². The van der Waals surface area contributed by atoms with E-state index < -0.39 is 5.97 Å². The Kier molecular flexibility index (Phi) is 6.38. The molecule has 40 heavy (non-hydrogen) atoms. The van der Waals surface area contributed by atoms with Crippen molar-refractivity contribution in [2.24, 2.45) is 0 Å². The van der Waals surface area contributed by atoms with Crippen LogP contribution in [-0.4, -0.2) is 40.9 Å². The summed E-state index contributed by atoms with van der Waals surface area (Å²) in [6, 6.07) is 22.5. The van der Waals surface area contributed by atoms with Crippen molar-refractivity contribution in [2.45, 2.75) is 31.6 Å². The maximum Gasteiger partial charge on any atom is 0.335 e. The topological polar surface area (TPSA) is 103 Å². The number of carboxylic acid groups (broad SMARTS) is 1. The molecule has 2 heterocycles. The van der Waals surface area contributed by atoms with Gasteiger partial charge < -0.3 is 19.9 Å². The molecule has 0 radical (unpaired) electrons. The molecule has 6 rings (SSSR count). The lowest BCUT2D eigenvalue weighted by Gasteiger charge is -2.36. The minimum atomic E-state index is -0.989. The van der Waals surface area contributed by atoms with Crippen molar-refractivity contribution in [2.75, 3.05) is 19.5 Å². The molecule has 3 aromatic carbocycles. The number of aromatic carboxylic acids is 1. The Morgan fingerprint density at radius 1 is 0.950 bits per heavy atom. The number of para-hydroxylation sites is 1. The number of carboxylic acids is 1. The highest BCUT2D eigenvalue weighted by molar-refractivity contribution is 6.02. The van der Waals surface area contributed by atoms with Gasteiger partial charge >= 0.3 is 5.97 Å². The zero-order chi connectivity index (χ0) is 28.0. The summed E-state index contributed by atoms with van der Waals surface area (Å²) in [5, 5.41) is 17.9. The van der Waals surface area contributed by atoms with Crippen LogP contribution in [0.1, 0.15) is 57.4 Å². The number of hydrogen-bond acceptors (Lipinski definition) is 6. The van der Waals surface area contributed by atoms with Crippen LogP contribution in [0.2, 0.25) is 0 Å². The van der Waals surface area contributed by atoms with Crippen molar-refractivity contribution in [3.05, 3.63) is 112 Å². The number of methoxy groups -OCH3 is 2. The van der Waals surface area contributed by atoms with Crippen molar-refractivity contribution in [1.82, 2.24) is 9.78 Å². The smallest absolute Gasteiger partial charge is 0.335 e. The van der Waals surface area contributed by atoms with Crippen LogP contribution in [0.4, 0.5) is 5.82 Å². The van der Waals surface area contributed by atoms with Crippen molar-refractivity contribution >= 4 is 17.6 Å². The van der Waals surface area contributed by atoms with Crippen LogP contribution in [0.15, 0.2) is 84.1 Å². The number of Topliss-reactive ketones (excluding diaryl/α,β-unsaturated/α-hetero) is 1. The highest BCUT2D eigenvalue weighted by atomic mass is 16.5. The molecule has 0 saturated heterocycles. The van der Waals surface area contributed by atoms with E-state index in [0.717, 1.165) is 39.6 Å². The second-order valence-electron chi connectivity index (χ2n) is 10.1. The molecule has 4 aromatic rings. The third kappa shape index (κ3) is 4.22. The van der Waals surface area contributed by atoms with E-state index in [1.807, 2.05) is 60.1 Å². The number of ketones is 1. The van der Waals surface area contributed by atoms with Crippen molar-refractivity contribution in [1.29, 1.82) is 0 Å². The maximum atomic E-state index is 14.0. The standard InChI is InChI=1S/C32H29N3O5/c1-18-28-29(19-9-11-20(12-10-19)32(37)38)30-24(33-31(28)35(34-18)23-7-5-4-6-8-23)15-22(16-25(30)36)21-13-14-26(39-2)27(17-21)40-3/h4-14,17,22,29,33H,15-16H2,1-3H3,(H,37,38)/t22-,29+/m0/s1. The highest BCUT2D eigenvalue weighted by Gasteiger charge is 2.41. The molecule has 0 spiro atoms. The third-order valence-electron chi connectivity index (χ3n) is 7.83. The first-order valence-corrected chi connectivity index (χ1v) is 13.1. The fourth-order valence-corrected chi connectivity index (χ4v) is 5.93. The van der Waals surface area contributed by atoms with Crippen LogP contribution in [-0.2, 0) is 4.79 Å². The number of fused-ring (bicyclic) bond motifs is 1. The molecule has 1 aromatic heterocycles. The lowest BCUT2D eigenvalue weighted by atomic mass is 9.72. The van der Waals surface area contributed by atoms with E-state index in [2.05, 4.69) is 5.32 Å². The van der Waals surface area contributed by atoms with Gasteiger partial charge in [0.25, 0.3) is 0 Å². The van der Waals surface area contributed by atoms with Gasteiger partial charge in [-0.05, 0) is 66.8 Å². The minimum Gasteiger partial charge on any atom is -0.493 e. The number of aryl methyl sites for hydroxylation is 1. The third-order valence-corrected chi connectivity index (χ3v) is 7.83. The molecule has 2 atom stereocenters. The Bertz CT molecular complexity index is 1650. The average Bonchev–Trinajstić information content (AvgIpc) is 3.31. The number of benzene rings is 3. The highest BCUT2D eigenvalue weighted by Crippen LogP contribution is 2.50. The Labute approximate surface area is 231 Å². The lowest BCUT2D eigenvalue weighted by molar-refractivity contribution is -0.116. The fraction of sp³-hybridized carbons (Fsp3) is 0.219. The summed E-state index contributed by atoms with van der Waals surface area (Å²) in [6.45, 7) is 1.95. The molecule has 0 saturated carbocycles. The molecule has 8 heteroatoms. The summed E-state index contributed by atoms with van der Waals surface area (Å²) in [6.07, 6.45) is 0.972. The molecule has 0 bridgehead atoms. The van der Waals surface area contributed by atoms with Gasteiger partial charge in [0.2, 0.25) is 0 Å². The summed E-state index contributed by atoms with van der Waals surface area (Å²) >= 11 is 0. The number of nitrogens with zero attached hydrogens (tertiary/aromatic N) is 2. The predicted octanol–water partition coefficient (Wildman–Crippen LogP) is 5.85. The average molecular weight is 536 g/mol. The first-order chi connectivity index (χ1) is 19.4. The Hall–Kier alpha value is -4.85. The van der Waals surface area contributed by atoms with Gasteiger partial charge in [0.05, 0.1) is 31.2 Å². The monoisotopic (exact) mass is 535 g/mol. The van der Waals surface area contributed by atoms with E-state index in [9.17, 15) is 14.7 Å². The van der Waals surface area contributed by atoms with Gasteiger partial charge in [-0.1, -0.05) is 36.4 Å². The number of allylic oxidation sites excluding steroid dienone is 2. The van der Waals surface area contributed by atoms with Crippen molar-refractivity contribution in [3.63, 3.8) is 0 Å². The molecule has 0 unspecified atom stereocenters. The molecular formula is C32H29N3O5. The van der Waals surface area contributed by atoms with E-state index in [4.69, 9.17) is 14.6 Å². The number of anilines is 1. The van der Waals surface area contributed by atoms with Crippen LogP contribution in [0.3, 0.4) is 0 Å². The van der Waals surface area contributed by atoms with E-state index in [0.29, 0.717) is 29.9 Å². The van der Waals surface area contributed by atoms with Gasteiger partial charge in [-0.3, -0.25) is 4.79 Å². The SMILES string of the molecule is COc1ccc([C@@H]2CC(=O)C3=C(C2)Nc2c(c(C)nn2-c2ccccc2)[C@H]3c2ccc(C(=O)O)cc2)cc1OC. The minimum absolute atomic E-state index is 0.0515. The molecule has 2 N–H and O–H groups in total. The number of nitrogens with one attached hydrogen (secondary N) is 1. The van der Waals surface area contributed by atoms with E-state index in [-0.39, 0.29) is 23.2 Å². The van der Waals surface area contributed by atoms with Crippen LogP contribution in [0, 0.1) is 6.92 Å². The zero-order valence-corrected chi connectivity index (χ0v) is 22.5. The van der Waals surface area contributed by atoms with E-state index in [1.165, 1.54) is 0 Å². The van der Waals surface area contributed by atoms with Gasteiger partial charge in [-0.25, -0.2) is 9.48 Å². The van der Waals surface area contributed by atoms with Crippen LogP contribution in [0.25, 0.3) is 5.69 Å². The van der Waals surface area contributed by atoms with Gasteiger partial charge in [0, 0.05) is 29.2 Å². The second kappa shape index (κ2) is 10.0.